The molecule has 0 saturated heterocycles. The lowest BCUT2D eigenvalue weighted by atomic mass is 10.1. The molecule has 0 bridgehead atoms. The molecule has 0 unspecified atom stereocenters. The Morgan fingerprint density at radius 1 is 1.10 bits per heavy atom. The largest absolute Gasteiger partial charge is 0.373 e. The van der Waals surface area contributed by atoms with Crippen molar-refractivity contribution in [3.8, 4) is 11.3 Å². The van der Waals surface area contributed by atoms with E-state index in [9.17, 15) is 13.2 Å². The van der Waals surface area contributed by atoms with Gasteiger partial charge in [0, 0.05) is 24.1 Å². The second kappa shape index (κ2) is 5.02. The fourth-order valence-corrected chi connectivity index (χ4v) is 2.27. The quantitative estimate of drug-likeness (QED) is 0.875. The van der Waals surface area contributed by atoms with Gasteiger partial charge in [-0.15, -0.1) is 0 Å². The molecule has 0 radical (unpaired) electrons. The van der Waals surface area contributed by atoms with Gasteiger partial charge < -0.3 is 5.32 Å². The van der Waals surface area contributed by atoms with E-state index in [-0.39, 0.29) is 11.5 Å². The van der Waals surface area contributed by atoms with Crippen LogP contribution in [0.1, 0.15) is 30.1 Å². The monoisotopic (exact) mass is 293 g/mol. The standard InChI is InChI=1S/C15H14F3N3/c1-7-13(9-5-6-10(16)12(18)11(9)17)20-15(8-3-4-8)21-14(7)19-2/h5-6,8H,3-4H2,1-2H3,(H,19,20,21). The molecule has 21 heavy (non-hydrogen) atoms. The van der Waals surface area contributed by atoms with Crippen LogP contribution >= 0.6 is 0 Å². The van der Waals surface area contributed by atoms with Gasteiger partial charge in [-0.2, -0.15) is 0 Å². The number of halogens is 3. The van der Waals surface area contributed by atoms with Gasteiger partial charge in [0.2, 0.25) is 0 Å². The maximum Gasteiger partial charge on any atom is 0.195 e. The Bertz CT molecular complexity index is 712. The minimum absolute atomic E-state index is 0.0489. The molecule has 1 aliphatic carbocycles. The minimum Gasteiger partial charge on any atom is -0.373 e. The molecule has 0 aliphatic heterocycles. The van der Waals surface area contributed by atoms with Crippen LogP contribution in [-0.4, -0.2) is 17.0 Å². The topological polar surface area (TPSA) is 37.8 Å². The number of benzene rings is 1. The number of rotatable bonds is 3. The van der Waals surface area contributed by atoms with Crippen molar-refractivity contribution >= 4 is 5.82 Å². The average Bonchev–Trinajstić information content (AvgIpc) is 3.30. The zero-order valence-corrected chi connectivity index (χ0v) is 11.7. The van der Waals surface area contributed by atoms with Gasteiger partial charge in [-0.3, -0.25) is 0 Å². The molecular weight excluding hydrogens is 279 g/mol. The van der Waals surface area contributed by atoms with Crippen molar-refractivity contribution in [1.29, 1.82) is 0 Å². The summed E-state index contributed by atoms with van der Waals surface area (Å²) >= 11 is 0. The van der Waals surface area contributed by atoms with Gasteiger partial charge in [0.25, 0.3) is 0 Å². The molecule has 6 heteroatoms. The summed E-state index contributed by atoms with van der Waals surface area (Å²) in [5, 5.41) is 2.93. The van der Waals surface area contributed by atoms with Crippen molar-refractivity contribution in [1.82, 2.24) is 9.97 Å². The predicted octanol–water partition coefficient (Wildman–Crippen LogP) is 3.79. The SMILES string of the molecule is CNc1nc(C2CC2)nc(-c2ccc(F)c(F)c2F)c1C. The summed E-state index contributed by atoms with van der Waals surface area (Å²) in [4.78, 5) is 8.76. The lowest BCUT2D eigenvalue weighted by Crippen LogP contribution is -2.06. The van der Waals surface area contributed by atoms with Gasteiger partial charge in [0.1, 0.15) is 11.6 Å². The first-order valence-electron chi connectivity index (χ1n) is 6.73. The van der Waals surface area contributed by atoms with Gasteiger partial charge in [-0.1, -0.05) is 0 Å². The highest BCUT2D eigenvalue weighted by Gasteiger charge is 2.29. The molecule has 1 aromatic carbocycles. The van der Waals surface area contributed by atoms with E-state index in [0.29, 0.717) is 22.9 Å². The van der Waals surface area contributed by atoms with E-state index >= 15 is 0 Å². The first kappa shape index (κ1) is 13.9. The minimum atomic E-state index is -1.48. The zero-order valence-electron chi connectivity index (χ0n) is 11.7. The van der Waals surface area contributed by atoms with E-state index < -0.39 is 17.5 Å². The fourth-order valence-electron chi connectivity index (χ4n) is 2.27. The van der Waals surface area contributed by atoms with E-state index in [1.807, 2.05) is 0 Å². The number of anilines is 1. The van der Waals surface area contributed by atoms with Crippen molar-refractivity contribution in [2.24, 2.45) is 0 Å². The first-order chi connectivity index (χ1) is 10.0. The van der Waals surface area contributed by atoms with Crippen LogP contribution in [0.4, 0.5) is 19.0 Å². The van der Waals surface area contributed by atoms with E-state index in [0.717, 1.165) is 18.9 Å². The molecule has 0 amide bonds. The number of nitrogens with one attached hydrogen (secondary N) is 1. The molecule has 0 spiro atoms. The summed E-state index contributed by atoms with van der Waals surface area (Å²) in [6, 6.07) is 2.12. The summed E-state index contributed by atoms with van der Waals surface area (Å²) in [6.07, 6.45) is 1.98. The summed E-state index contributed by atoms with van der Waals surface area (Å²) in [5.41, 5.74) is 0.853. The second-order valence-corrected chi connectivity index (χ2v) is 5.15. The Hall–Kier alpha value is -2.11. The van der Waals surface area contributed by atoms with Crippen LogP contribution in [0.25, 0.3) is 11.3 Å². The molecule has 1 heterocycles. The highest BCUT2D eigenvalue weighted by Crippen LogP contribution is 2.40. The van der Waals surface area contributed by atoms with Crippen molar-refractivity contribution in [2.45, 2.75) is 25.7 Å². The molecule has 1 aliphatic rings. The number of hydrogen-bond acceptors (Lipinski definition) is 3. The summed E-state index contributed by atoms with van der Waals surface area (Å²) in [5.74, 6) is -2.45. The van der Waals surface area contributed by atoms with Crippen molar-refractivity contribution in [2.75, 3.05) is 12.4 Å². The van der Waals surface area contributed by atoms with Crippen LogP contribution in [0.2, 0.25) is 0 Å². The van der Waals surface area contributed by atoms with Crippen LogP contribution in [0.15, 0.2) is 12.1 Å². The van der Waals surface area contributed by atoms with Crippen LogP contribution < -0.4 is 5.32 Å². The molecule has 1 N–H and O–H groups in total. The molecule has 3 rings (SSSR count). The summed E-state index contributed by atoms with van der Waals surface area (Å²) in [7, 11) is 1.71. The number of aromatic nitrogens is 2. The third-order valence-corrected chi connectivity index (χ3v) is 3.63. The highest BCUT2D eigenvalue weighted by molar-refractivity contribution is 5.69. The molecule has 1 aromatic heterocycles. The maximum atomic E-state index is 14.0. The van der Waals surface area contributed by atoms with Crippen LogP contribution in [0.5, 0.6) is 0 Å². The Morgan fingerprint density at radius 3 is 2.43 bits per heavy atom. The average molecular weight is 293 g/mol. The van der Waals surface area contributed by atoms with E-state index in [2.05, 4.69) is 15.3 Å². The molecular formula is C15H14F3N3. The van der Waals surface area contributed by atoms with Crippen LogP contribution in [-0.2, 0) is 0 Å². The third kappa shape index (κ3) is 2.34. The van der Waals surface area contributed by atoms with Gasteiger partial charge in [0.05, 0.1) is 5.69 Å². The number of nitrogens with zero attached hydrogens (tertiary/aromatic N) is 2. The summed E-state index contributed by atoms with van der Waals surface area (Å²) in [6.45, 7) is 1.72. The Balaban J connectivity index is 2.21. The lowest BCUT2D eigenvalue weighted by Gasteiger charge is -2.13. The Morgan fingerprint density at radius 2 is 1.81 bits per heavy atom. The summed E-state index contributed by atoms with van der Waals surface area (Å²) < 4.78 is 40.5. The molecule has 1 fully saturated rings. The molecule has 0 atom stereocenters. The first-order valence-corrected chi connectivity index (χ1v) is 6.73. The maximum absolute atomic E-state index is 14.0. The normalized spacial score (nSPS) is 14.3. The zero-order chi connectivity index (χ0) is 15.1. The van der Waals surface area contributed by atoms with Crippen LogP contribution in [0.3, 0.4) is 0 Å². The predicted molar refractivity (Wildman–Crippen MR) is 73.6 cm³/mol. The van der Waals surface area contributed by atoms with Gasteiger partial charge in [-0.05, 0) is 31.9 Å². The molecule has 3 nitrogen and oxygen atoms in total. The van der Waals surface area contributed by atoms with Gasteiger partial charge >= 0.3 is 0 Å². The van der Waals surface area contributed by atoms with Gasteiger partial charge in [-0.25, -0.2) is 23.1 Å². The van der Waals surface area contributed by atoms with Gasteiger partial charge in [0.15, 0.2) is 17.5 Å². The molecule has 110 valence electrons. The Labute approximate surface area is 120 Å². The molecule has 2 aromatic rings. The Kier molecular flexibility index (Phi) is 3.31. The van der Waals surface area contributed by atoms with Crippen molar-refractivity contribution in [3.05, 3.63) is 41.0 Å². The molecule has 1 saturated carbocycles. The van der Waals surface area contributed by atoms with E-state index in [1.54, 1.807) is 14.0 Å². The van der Waals surface area contributed by atoms with Crippen molar-refractivity contribution < 1.29 is 13.2 Å². The third-order valence-electron chi connectivity index (χ3n) is 3.63. The lowest BCUT2D eigenvalue weighted by molar-refractivity contribution is 0.448. The smallest absolute Gasteiger partial charge is 0.195 e. The van der Waals surface area contributed by atoms with Crippen molar-refractivity contribution in [3.63, 3.8) is 0 Å². The highest BCUT2D eigenvalue weighted by atomic mass is 19.2. The number of hydrogen-bond donors (Lipinski definition) is 1. The van der Waals surface area contributed by atoms with E-state index in [4.69, 9.17) is 0 Å². The van der Waals surface area contributed by atoms with E-state index in [1.165, 1.54) is 6.07 Å². The second-order valence-electron chi connectivity index (χ2n) is 5.15. The van der Waals surface area contributed by atoms with Crippen LogP contribution in [0, 0.1) is 24.4 Å². The fraction of sp³-hybridized carbons (Fsp3) is 0.333.